The van der Waals surface area contributed by atoms with Gasteiger partial charge in [-0.2, -0.15) is 0 Å². The molecule has 3 rings (SSSR count). The first-order valence-corrected chi connectivity index (χ1v) is 9.20. The number of hydrogen-bond donors (Lipinski definition) is 1. The van der Waals surface area contributed by atoms with Crippen LogP contribution in [0.25, 0.3) is 10.8 Å². The number of aryl methyl sites for hydroxylation is 1. The Kier molecular flexibility index (Phi) is 6.13. The van der Waals surface area contributed by atoms with Crippen LogP contribution in [0.1, 0.15) is 31.4 Å². The molecule has 0 radical (unpaired) electrons. The Labute approximate surface area is 155 Å². The zero-order valence-corrected chi connectivity index (χ0v) is 15.4. The van der Waals surface area contributed by atoms with Gasteiger partial charge < -0.3 is 14.6 Å². The fraction of sp³-hybridized carbons (Fsp3) is 0.304. The van der Waals surface area contributed by atoms with Gasteiger partial charge in [0, 0.05) is 0 Å². The van der Waals surface area contributed by atoms with Crippen LogP contribution in [0.4, 0.5) is 0 Å². The topological polar surface area (TPSA) is 38.7 Å². The molecule has 0 amide bonds. The van der Waals surface area contributed by atoms with Crippen LogP contribution in [0.15, 0.2) is 60.7 Å². The van der Waals surface area contributed by atoms with Crippen molar-refractivity contribution in [2.45, 2.75) is 39.4 Å². The van der Waals surface area contributed by atoms with E-state index in [2.05, 4.69) is 36.4 Å². The van der Waals surface area contributed by atoms with Gasteiger partial charge in [-0.05, 0) is 60.7 Å². The maximum atomic E-state index is 9.48. The van der Waals surface area contributed by atoms with Crippen LogP contribution < -0.4 is 9.47 Å². The molecule has 0 saturated heterocycles. The predicted octanol–water partition coefficient (Wildman–Crippen LogP) is 5.13. The van der Waals surface area contributed by atoms with E-state index in [1.165, 1.54) is 10.8 Å². The van der Waals surface area contributed by atoms with Crippen LogP contribution >= 0.6 is 0 Å². The minimum Gasteiger partial charge on any atom is -0.490 e. The average molecular weight is 350 g/mol. The molecule has 0 aliphatic rings. The molecule has 0 fully saturated rings. The Hall–Kier alpha value is -2.52. The molecule has 3 nitrogen and oxygen atoms in total. The molecule has 26 heavy (non-hydrogen) atoms. The molecule has 0 aromatic heterocycles. The molecule has 0 bridgehead atoms. The van der Waals surface area contributed by atoms with Crippen LogP contribution in [0.2, 0.25) is 0 Å². The maximum Gasteiger partial charge on any atom is 0.161 e. The summed E-state index contributed by atoms with van der Waals surface area (Å²) in [4.78, 5) is 0. The van der Waals surface area contributed by atoms with Gasteiger partial charge in [0.05, 0.1) is 12.7 Å². The summed E-state index contributed by atoms with van der Waals surface area (Å²) in [6.45, 7) is 4.86. The second kappa shape index (κ2) is 8.72. The molecule has 136 valence electrons. The van der Waals surface area contributed by atoms with E-state index in [0.29, 0.717) is 13.2 Å². The van der Waals surface area contributed by atoms with Gasteiger partial charge >= 0.3 is 0 Å². The molecule has 1 N–H and O–H groups in total. The van der Waals surface area contributed by atoms with Crippen molar-refractivity contribution in [3.05, 3.63) is 71.8 Å². The van der Waals surface area contributed by atoms with Crippen molar-refractivity contribution in [3.63, 3.8) is 0 Å². The molecule has 1 unspecified atom stereocenters. The summed E-state index contributed by atoms with van der Waals surface area (Å²) in [5, 5.41) is 11.9. The lowest BCUT2D eigenvalue weighted by Crippen LogP contribution is -2.03. The van der Waals surface area contributed by atoms with Gasteiger partial charge in [-0.1, -0.05) is 48.5 Å². The van der Waals surface area contributed by atoms with E-state index in [1.807, 2.05) is 38.1 Å². The van der Waals surface area contributed by atoms with Crippen LogP contribution in [0.5, 0.6) is 11.5 Å². The van der Waals surface area contributed by atoms with Crippen molar-refractivity contribution < 1.29 is 14.6 Å². The molecule has 0 spiro atoms. The van der Waals surface area contributed by atoms with Crippen molar-refractivity contribution in [1.29, 1.82) is 0 Å². The van der Waals surface area contributed by atoms with E-state index < -0.39 is 0 Å². The second-order valence-electron chi connectivity index (χ2n) is 6.53. The van der Waals surface area contributed by atoms with Gasteiger partial charge in [-0.25, -0.2) is 0 Å². The highest BCUT2D eigenvalue weighted by atomic mass is 16.5. The Balaban J connectivity index is 1.77. The number of fused-ring (bicyclic) bond motifs is 1. The van der Waals surface area contributed by atoms with Crippen molar-refractivity contribution in [3.8, 4) is 11.5 Å². The zero-order chi connectivity index (χ0) is 18.4. The van der Waals surface area contributed by atoms with E-state index in [9.17, 15) is 5.11 Å². The molecular formula is C23H26O3. The van der Waals surface area contributed by atoms with Crippen molar-refractivity contribution in [1.82, 2.24) is 0 Å². The Morgan fingerprint density at radius 2 is 1.73 bits per heavy atom. The molecule has 0 saturated carbocycles. The lowest BCUT2D eigenvalue weighted by molar-refractivity contribution is 0.185. The Bertz CT molecular complexity index is 850. The van der Waals surface area contributed by atoms with Crippen LogP contribution in [-0.4, -0.2) is 17.8 Å². The fourth-order valence-electron chi connectivity index (χ4n) is 3.04. The normalized spacial score (nSPS) is 12.1. The maximum absolute atomic E-state index is 9.48. The van der Waals surface area contributed by atoms with Gasteiger partial charge in [0.1, 0.15) is 6.61 Å². The number of aliphatic hydroxyl groups is 1. The second-order valence-corrected chi connectivity index (χ2v) is 6.53. The third-order valence-electron chi connectivity index (χ3n) is 4.42. The summed E-state index contributed by atoms with van der Waals surface area (Å²) >= 11 is 0. The SMILES string of the molecule is CCOc1cc(CCC(C)O)ccc1OCc1cccc2ccccc12. The molecule has 3 aromatic carbocycles. The monoisotopic (exact) mass is 350 g/mol. The van der Waals surface area contributed by atoms with E-state index in [4.69, 9.17) is 9.47 Å². The molecule has 0 heterocycles. The zero-order valence-electron chi connectivity index (χ0n) is 15.4. The molecule has 1 atom stereocenters. The first-order chi connectivity index (χ1) is 12.7. The fourth-order valence-corrected chi connectivity index (χ4v) is 3.04. The van der Waals surface area contributed by atoms with Gasteiger partial charge in [0.15, 0.2) is 11.5 Å². The minimum absolute atomic E-state index is 0.298. The lowest BCUT2D eigenvalue weighted by atomic mass is 10.1. The largest absolute Gasteiger partial charge is 0.490 e. The average Bonchev–Trinajstić information content (AvgIpc) is 2.66. The molecule has 0 aliphatic carbocycles. The van der Waals surface area contributed by atoms with Gasteiger partial charge in [0.2, 0.25) is 0 Å². The first kappa shape index (κ1) is 18.3. The highest BCUT2D eigenvalue weighted by Gasteiger charge is 2.09. The minimum atomic E-state index is -0.298. The van der Waals surface area contributed by atoms with Crippen molar-refractivity contribution in [2.75, 3.05) is 6.61 Å². The van der Waals surface area contributed by atoms with Crippen molar-refractivity contribution in [2.24, 2.45) is 0 Å². The lowest BCUT2D eigenvalue weighted by Gasteiger charge is -2.15. The van der Waals surface area contributed by atoms with E-state index >= 15 is 0 Å². The number of aliphatic hydroxyl groups excluding tert-OH is 1. The van der Waals surface area contributed by atoms with Gasteiger partial charge in [0.25, 0.3) is 0 Å². The molecule has 3 heteroatoms. The highest BCUT2D eigenvalue weighted by Crippen LogP contribution is 2.30. The molecular weight excluding hydrogens is 324 g/mol. The van der Waals surface area contributed by atoms with Crippen LogP contribution in [0, 0.1) is 0 Å². The summed E-state index contributed by atoms with van der Waals surface area (Å²) in [6, 6.07) is 20.6. The standard InChI is InChI=1S/C23H26O3/c1-3-25-23-15-18(12-11-17(2)24)13-14-22(23)26-16-20-9-6-8-19-7-4-5-10-21(19)20/h4-10,13-15,17,24H,3,11-12,16H2,1-2H3. The quantitative estimate of drug-likeness (QED) is 0.612. The number of hydrogen-bond acceptors (Lipinski definition) is 3. The predicted molar refractivity (Wildman–Crippen MR) is 106 cm³/mol. The van der Waals surface area contributed by atoms with Crippen LogP contribution in [0.3, 0.4) is 0 Å². The molecule has 3 aromatic rings. The first-order valence-electron chi connectivity index (χ1n) is 9.20. The van der Waals surface area contributed by atoms with Gasteiger partial charge in [-0.15, -0.1) is 0 Å². The third kappa shape index (κ3) is 4.55. The third-order valence-corrected chi connectivity index (χ3v) is 4.42. The smallest absolute Gasteiger partial charge is 0.161 e. The summed E-state index contributed by atoms with van der Waals surface area (Å²) in [6.07, 6.45) is 1.26. The summed E-state index contributed by atoms with van der Waals surface area (Å²) in [5.74, 6) is 1.51. The Morgan fingerprint density at radius 3 is 2.54 bits per heavy atom. The summed E-state index contributed by atoms with van der Waals surface area (Å²) in [7, 11) is 0. The Morgan fingerprint density at radius 1 is 0.923 bits per heavy atom. The van der Waals surface area contributed by atoms with Crippen molar-refractivity contribution >= 4 is 10.8 Å². The summed E-state index contributed by atoms with van der Waals surface area (Å²) in [5.41, 5.74) is 2.30. The van der Waals surface area contributed by atoms with Gasteiger partial charge in [-0.3, -0.25) is 0 Å². The summed E-state index contributed by atoms with van der Waals surface area (Å²) < 4.78 is 11.9. The van der Waals surface area contributed by atoms with Crippen LogP contribution in [-0.2, 0) is 13.0 Å². The highest BCUT2D eigenvalue weighted by molar-refractivity contribution is 5.85. The van der Waals surface area contributed by atoms with E-state index in [0.717, 1.165) is 35.5 Å². The van der Waals surface area contributed by atoms with E-state index in [1.54, 1.807) is 0 Å². The number of ether oxygens (including phenoxy) is 2. The molecule has 0 aliphatic heterocycles. The van der Waals surface area contributed by atoms with E-state index in [-0.39, 0.29) is 6.10 Å². The number of benzene rings is 3. The number of rotatable bonds is 8.